The number of anilines is 2. The highest BCUT2D eigenvalue weighted by molar-refractivity contribution is 5.90. The van der Waals surface area contributed by atoms with E-state index in [-0.39, 0.29) is 11.0 Å². The number of nitrogens with two attached hydrogens (primary N) is 1. The molecule has 0 spiro atoms. The highest BCUT2D eigenvalue weighted by Crippen LogP contribution is 2.26. The van der Waals surface area contributed by atoms with Gasteiger partial charge in [0.15, 0.2) is 0 Å². The van der Waals surface area contributed by atoms with E-state index in [2.05, 4.69) is 20.8 Å². The molecule has 4 heteroatoms. The molecule has 17 heavy (non-hydrogen) atoms. The van der Waals surface area contributed by atoms with Crippen molar-refractivity contribution >= 4 is 17.3 Å². The highest BCUT2D eigenvalue weighted by atomic mass is 16.4. The summed E-state index contributed by atoms with van der Waals surface area (Å²) in [4.78, 5) is 12.9. The van der Waals surface area contributed by atoms with Gasteiger partial charge >= 0.3 is 5.97 Å². The van der Waals surface area contributed by atoms with E-state index in [1.165, 1.54) is 6.07 Å². The zero-order chi connectivity index (χ0) is 13.2. The van der Waals surface area contributed by atoms with Gasteiger partial charge in [0.2, 0.25) is 0 Å². The van der Waals surface area contributed by atoms with E-state index < -0.39 is 5.97 Å². The van der Waals surface area contributed by atoms with Gasteiger partial charge in [-0.1, -0.05) is 20.8 Å². The largest absolute Gasteiger partial charge is 0.478 e. The Kier molecular flexibility index (Phi) is 3.66. The predicted octanol–water partition coefficient (Wildman–Crippen LogP) is 2.45. The molecular formula is C13H20N2O2. The van der Waals surface area contributed by atoms with E-state index in [0.717, 1.165) is 12.2 Å². The van der Waals surface area contributed by atoms with Crippen LogP contribution < -0.4 is 10.6 Å². The van der Waals surface area contributed by atoms with Crippen LogP contribution in [0.3, 0.4) is 0 Å². The highest BCUT2D eigenvalue weighted by Gasteiger charge is 2.16. The number of aromatic carboxylic acids is 1. The molecule has 0 saturated carbocycles. The van der Waals surface area contributed by atoms with Crippen LogP contribution in [0, 0.1) is 5.41 Å². The van der Waals surface area contributed by atoms with Crippen molar-refractivity contribution in [3.05, 3.63) is 23.8 Å². The summed E-state index contributed by atoms with van der Waals surface area (Å²) >= 11 is 0. The van der Waals surface area contributed by atoms with Gasteiger partial charge in [-0.3, -0.25) is 0 Å². The molecule has 0 amide bonds. The van der Waals surface area contributed by atoms with Crippen LogP contribution in [-0.4, -0.2) is 24.7 Å². The van der Waals surface area contributed by atoms with E-state index in [1.807, 2.05) is 11.9 Å². The molecule has 0 aromatic heterocycles. The number of carboxylic acids is 1. The summed E-state index contributed by atoms with van der Waals surface area (Å²) in [5, 5.41) is 8.96. The fourth-order valence-corrected chi connectivity index (χ4v) is 1.80. The van der Waals surface area contributed by atoms with Crippen LogP contribution in [0.1, 0.15) is 31.1 Å². The molecule has 0 fully saturated rings. The van der Waals surface area contributed by atoms with Crippen LogP contribution in [0.2, 0.25) is 0 Å². The van der Waals surface area contributed by atoms with Crippen molar-refractivity contribution in [1.29, 1.82) is 0 Å². The Morgan fingerprint density at radius 2 is 2.00 bits per heavy atom. The average molecular weight is 236 g/mol. The Hall–Kier alpha value is -1.71. The van der Waals surface area contributed by atoms with E-state index in [4.69, 9.17) is 10.8 Å². The van der Waals surface area contributed by atoms with Crippen molar-refractivity contribution in [2.45, 2.75) is 20.8 Å². The zero-order valence-corrected chi connectivity index (χ0v) is 10.8. The smallest absolute Gasteiger partial charge is 0.335 e. The molecule has 0 radical (unpaired) electrons. The number of carboxylic acid groups (broad SMARTS) is 1. The van der Waals surface area contributed by atoms with Crippen LogP contribution in [0.5, 0.6) is 0 Å². The van der Waals surface area contributed by atoms with E-state index >= 15 is 0 Å². The van der Waals surface area contributed by atoms with E-state index in [9.17, 15) is 4.79 Å². The minimum atomic E-state index is -0.935. The first-order chi connectivity index (χ1) is 7.70. The molecule has 0 unspecified atom stereocenters. The molecule has 0 aliphatic rings. The van der Waals surface area contributed by atoms with E-state index in [0.29, 0.717) is 5.69 Å². The maximum absolute atomic E-state index is 10.9. The van der Waals surface area contributed by atoms with Crippen LogP contribution >= 0.6 is 0 Å². The van der Waals surface area contributed by atoms with Crippen LogP contribution in [0.25, 0.3) is 0 Å². The monoisotopic (exact) mass is 236 g/mol. The summed E-state index contributed by atoms with van der Waals surface area (Å²) in [6, 6.07) is 4.77. The molecule has 3 N–H and O–H groups in total. The number of nitrogens with zero attached hydrogens (tertiary/aromatic N) is 1. The molecule has 0 atom stereocenters. The molecule has 0 bridgehead atoms. The van der Waals surface area contributed by atoms with Gasteiger partial charge in [0.1, 0.15) is 0 Å². The molecular weight excluding hydrogens is 216 g/mol. The molecule has 0 saturated heterocycles. The number of rotatable bonds is 3. The average Bonchev–Trinajstić information content (AvgIpc) is 2.14. The second-order valence-electron chi connectivity index (χ2n) is 5.50. The van der Waals surface area contributed by atoms with Crippen molar-refractivity contribution in [2.24, 2.45) is 5.41 Å². The Labute approximate surface area is 102 Å². The first-order valence-corrected chi connectivity index (χ1v) is 5.55. The van der Waals surface area contributed by atoms with Gasteiger partial charge in [-0.2, -0.15) is 0 Å². The second kappa shape index (κ2) is 4.65. The summed E-state index contributed by atoms with van der Waals surface area (Å²) in [7, 11) is 1.92. The van der Waals surface area contributed by atoms with Gasteiger partial charge in [0, 0.05) is 13.6 Å². The number of nitrogen functional groups attached to an aromatic ring is 1. The maximum Gasteiger partial charge on any atom is 0.335 e. The Bertz CT molecular complexity index is 422. The first kappa shape index (κ1) is 13.4. The number of hydrogen-bond acceptors (Lipinski definition) is 3. The zero-order valence-electron chi connectivity index (χ0n) is 10.8. The summed E-state index contributed by atoms with van der Waals surface area (Å²) < 4.78 is 0. The van der Waals surface area contributed by atoms with Crippen molar-refractivity contribution in [3.63, 3.8) is 0 Å². The Morgan fingerprint density at radius 1 is 1.41 bits per heavy atom. The summed E-state index contributed by atoms with van der Waals surface area (Å²) in [6.07, 6.45) is 0. The second-order valence-corrected chi connectivity index (χ2v) is 5.50. The summed E-state index contributed by atoms with van der Waals surface area (Å²) in [6.45, 7) is 7.18. The van der Waals surface area contributed by atoms with Crippen LogP contribution in [-0.2, 0) is 0 Å². The first-order valence-electron chi connectivity index (χ1n) is 5.55. The fraction of sp³-hybridized carbons (Fsp3) is 0.462. The molecule has 94 valence electrons. The molecule has 1 rings (SSSR count). The predicted molar refractivity (Wildman–Crippen MR) is 70.5 cm³/mol. The van der Waals surface area contributed by atoms with Gasteiger partial charge in [-0.25, -0.2) is 4.79 Å². The van der Waals surface area contributed by atoms with E-state index in [1.54, 1.807) is 12.1 Å². The molecule has 1 aromatic carbocycles. The minimum Gasteiger partial charge on any atom is -0.478 e. The van der Waals surface area contributed by atoms with Crippen molar-refractivity contribution in [2.75, 3.05) is 24.2 Å². The third-order valence-corrected chi connectivity index (χ3v) is 2.40. The normalized spacial score (nSPS) is 11.3. The molecule has 0 aliphatic heterocycles. The van der Waals surface area contributed by atoms with Crippen molar-refractivity contribution in [3.8, 4) is 0 Å². The van der Waals surface area contributed by atoms with Crippen LogP contribution in [0.4, 0.5) is 11.4 Å². The standard InChI is InChI=1S/C13H20N2O2/c1-13(2,3)8-15(4)11-7-9(12(16)17)5-6-10(11)14/h5-7H,8,14H2,1-4H3,(H,16,17). The summed E-state index contributed by atoms with van der Waals surface area (Å²) in [5.41, 5.74) is 7.62. The quantitative estimate of drug-likeness (QED) is 0.791. The third kappa shape index (κ3) is 3.66. The third-order valence-electron chi connectivity index (χ3n) is 2.40. The van der Waals surface area contributed by atoms with Crippen molar-refractivity contribution in [1.82, 2.24) is 0 Å². The van der Waals surface area contributed by atoms with Gasteiger partial charge in [-0.05, 0) is 23.6 Å². The molecule has 1 aromatic rings. The minimum absolute atomic E-state index is 0.125. The lowest BCUT2D eigenvalue weighted by Gasteiger charge is -2.29. The SMILES string of the molecule is CN(CC(C)(C)C)c1cc(C(=O)O)ccc1N. The van der Waals surface area contributed by atoms with Crippen molar-refractivity contribution < 1.29 is 9.90 Å². The van der Waals surface area contributed by atoms with Gasteiger partial charge in [0.25, 0.3) is 0 Å². The van der Waals surface area contributed by atoms with Gasteiger partial charge in [0.05, 0.1) is 16.9 Å². The molecule has 0 aliphatic carbocycles. The van der Waals surface area contributed by atoms with Crippen LogP contribution in [0.15, 0.2) is 18.2 Å². The Morgan fingerprint density at radius 3 is 2.47 bits per heavy atom. The lowest BCUT2D eigenvalue weighted by atomic mass is 9.96. The fourth-order valence-electron chi connectivity index (χ4n) is 1.80. The maximum atomic E-state index is 10.9. The molecule has 4 nitrogen and oxygen atoms in total. The Balaban J connectivity index is 3.04. The lowest BCUT2D eigenvalue weighted by molar-refractivity contribution is 0.0697. The topological polar surface area (TPSA) is 66.6 Å². The van der Waals surface area contributed by atoms with Gasteiger partial charge in [-0.15, -0.1) is 0 Å². The number of benzene rings is 1. The summed E-state index contributed by atoms with van der Waals surface area (Å²) in [5.74, 6) is -0.935. The number of carbonyl (C=O) groups is 1. The number of hydrogen-bond donors (Lipinski definition) is 2. The lowest BCUT2D eigenvalue weighted by Crippen LogP contribution is -2.29. The van der Waals surface area contributed by atoms with Gasteiger partial charge < -0.3 is 15.7 Å². The molecule has 0 heterocycles.